The lowest BCUT2D eigenvalue weighted by molar-refractivity contribution is 0.403. The lowest BCUT2D eigenvalue weighted by Crippen LogP contribution is -1.38. The Hall–Kier alpha value is 1.24. The quantitative estimate of drug-likeness (QED) is 0.222. The van der Waals surface area contributed by atoms with Gasteiger partial charge in [-0.15, -0.1) is 88.8 Å². The van der Waals surface area contributed by atoms with Gasteiger partial charge in [-0.1, -0.05) is 0 Å². The molecule has 0 aliphatic heterocycles. The highest BCUT2D eigenvalue weighted by atomic mass is 35.5. The maximum absolute atomic E-state index is 8.70. The van der Waals surface area contributed by atoms with Gasteiger partial charge in [0.2, 0.25) is 0 Å². The highest BCUT2D eigenvalue weighted by molar-refractivity contribution is 7.31. The van der Waals surface area contributed by atoms with Crippen molar-refractivity contribution in [1.29, 1.82) is 0 Å². The average Bonchev–Trinajstić information content (AvgIpc) is 1.76. The molecular weight excluding hydrogens is 458 g/mol. The Morgan fingerprint density at radius 3 is 0.350 bits per heavy atom. The fraction of sp³-hybridized carbons (Fsp3) is 0. The molecule has 0 fully saturated rings. The van der Waals surface area contributed by atoms with Crippen LogP contribution in [0.4, 0.5) is 0 Å². The molecule has 0 aromatic carbocycles. The zero-order valence-corrected chi connectivity index (χ0v) is 15.5. The molecule has 0 aromatic rings. The predicted molar refractivity (Wildman–Crippen MR) is 77.2 cm³/mol. The molecule has 12 nitrogen and oxygen atoms in total. The van der Waals surface area contributed by atoms with Gasteiger partial charge in [-0.25, -0.2) is 0 Å². The third-order valence-electron chi connectivity index (χ3n) is 0. The molecular formula is H12Cl4O12P4+4. The van der Waals surface area contributed by atoms with Gasteiger partial charge < -0.3 is 0 Å². The van der Waals surface area contributed by atoms with Gasteiger partial charge in [-0.2, -0.15) is 0 Å². The minimum atomic E-state index is -2.87. The first-order chi connectivity index (χ1) is 6.93. The van der Waals surface area contributed by atoms with E-state index in [1.54, 1.807) is 0 Å². The summed E-state index contributed by atoms with van der Waals surface area (Å²) in [6, 6.07) is 0. The number of hydrogen-bond acceptors (Lipinski definition) is 4. The molecule has 20 heavy (non-hydrogen) atoms. The second-order valence-corrected chi connectivity index (χ2v) is 3.03. The van der Waals surface area contributed by atoms with Crippen LogP contribution in [0.15, 0.2) is 0 Å². The molecule has 0 aliphatic carbocycles. The van der Waals surface area contributed by atoms with Crippen LogP contribution in [0.2, 0.25) is 0 Å². The van der Waals surface area contributed by atoms with Crippen LogP contribution in [0.3, 0.4) is 0 Å². The lowest BCUT2D eigenvalue weighted by atomic mass is 15.8. The van der Waals surface area contributed by atoms with Gasteiger partial charge in [0.05, 0.1) is 0 Å². The Kier molecular flexibility index (Phi) is 106. The van der Waals surface area contributed by atoms with E-state index in [0.29, 0.717) is 0 Å². The molecule has 0 heterocycles. The van der Waals surface area contributed by atoms with Gasteiger partial charge in [0.25, 0.3) is 0 Å². The molecule has 0 aliphatic rings. The summed E-state index contributed by atoms with van der Waals surface area (Å²) < 4.78 is 34.8. The molecule has 0 saturated heterocycles. The predicted octanol–water partition coefficient (Wildman–Crippen LogP) is 0.201. The van der Waals surface area contributed by atoms with E-state index < -0.39 is 33.0 Å². The van der Waals surface area contributed by atoms with Crippen LogP contribution < -0.4 is 0 Å². The van der Waals surface area contributed by atoms with Crippen LogP contribution in [-0.4, -0.2) is 39.1 Å². The van der Waals surface area contributed by atoms with E-state index in [0.717, 1.165) is 0 Å². The van der Waals surface area contributed by atoms with E-state index in [-0.39, 0.29) is 49.6 Å². The van der Waals surface area contributed by atoms with E-state index in [2.05, 4.69) is 0 Å². The summed E-state index contributed by atoms with van der Waals surface area (Å²) in [5.74, 6) is 0. The van der Waals surface area contributed by atoms with Gasteiger partial charge in [-0.05, 0) is 0 Å². The Morgan fingerprint density at radius 1 is 0.350 bits per heavy atom. The average molecular weight is 470 g/mol. The Morgan fingerprint density at radius 2 is 0.350 bits per heavy atom. The second-order valence-electron chi connectivity index (χ2n) is 1.01. The maximum Gasteiger partial charge on any atom is 0.692 e. The van der Waals surface area contributed by atoms with Gasteiger partial charge in [0, 0.05) is 18.3 Å². The summed E-state index contributed by atoms with van der Waals surface area (Å²) in [5.41, 5.74) is 0. The minimum absolute atomic E-state index is 0. The van der Waals surface area contributed by atoms with Crippen LogP contribution in [0.5, 0.6) is 0 Å². The van der Waals surface area contributed by atoms with Crippen LogP contribution in [0.1, 0.15) is 0 Å². The SMILES string of the molecule is Cl.Cl.Cl.Cl.O=[P+](O)O.O=[P+](O)O.O=[P+](O)O.O=[P+](O)O. The van der Waals surface area contributed by atoms with Crippen molar-refractivity contribution in [3.63, 3.8) is 0 Å². The van der Waals surface area contributed by atoms with E-state index in [4.69, 9.17) is 57.4 Å². The van der Waals surface area contributed by atoms with Crippen LogP contribution in [0.25, 0.3) is 0 Å². The topological polar surface area (TPSA) is 230 Å². The highest BCUT2D eigenvalue weighted by Gasteiger charge is 1.94. The summed E-state index contributed by atoms with van der Waals surface area (Å²) in [6.45, 7) is 0. The minimum Gasteiger partial charge on any atom is -0.147 e. The van der Waals surface area contributed by atoms with Crippen molar-refractivity contribution in [1.82, 2.24) is 0 Å². The van der Waals surface area contributed by atoms with Crippen molar-refractivity contribution < 1.29 is 57.4 Å². The standard InChI is InChI=1S/4ClH.4HO3P/c;;;;4*1-4(2)3/h4*1H;4*(H-,1,2,3)/p+4. The van der Waals surface area contributed by atoms with E-state index in [1.807, 2.05) is 0 Å². The van der Waals surface area contributed by atoms with Crippen LogP contribution in [0, 0.1) is 0 Å². The highest BCUT2D eigenvalue weighted by Crippen LogP contribution is 1.99. The summed E-state index contributed by atoms with van der Waals surface area (Å²) in [5, 5.41) is 0. The molecule has 0 amide bonds. The van der Waals surface area contributed by atoms with Crippen molar-refractivity contribution in [2.45, 2.75) is 0 Å². The molecule has 0 saturated carbocycles. The second kappa shape index (κ2) is 42.7. The number of hydrogen-bond donors (Lipinski definition) is 8. The van der Waals surface area contributed by atoms with E-state index >= 15 is 0 Å². The summed E-state index contributed by atoms with van der Waals surface area (Å²) in [6.07, 6.45) is 0. The van der Waals surface area contributed by atoms with Gasteiger partial charge in [-0.3, -0.25) is 0 Å². The van der Waals surface area contributed by atoms with Gasteiger partial charge in [0.1, 0.15) is 0 Å². The number of halogens is 4. The summed E-state index contributed by atoms with van der Waals surface area (Å²) in [7, 11) is -11.5. The molecule has 0 atom stereocenters. The van der Waals surface area contributed by atoms with E-state index in [9.17, 15) is 0 Å². The number of rotatable bonds is 0. The van der Waals surface area contributed by atoms with E-state index in [1.165, 1.54) is 0 Å². The molecule has 128 valence electrons. The molecule has 20 heteroatoms. The first-order valence-corrected chi connectivity index (χ1v) is 6.99. The first kappa shape index (κ1) is 49.6. The fourth-order valence-electron chi connectivity index (χ4n) is 0. The fourth-order valence-corrected chi connectivity index (χ4v) is 0. The maximum atomic E-state index is 8.70. The Balaban J connectivity index is -0.0000000150. The smallest absolute Gasteiger partial charge is 0.147 e. The molecule has 0 spiro atoms. The first-order valence-electron chi connectivity index (χ1n) is 2.33. The van der Waals surface area contributed by atoms with Crippen LogP contribution >= 0.6 is 82.6 Å². The van der Waals surface area contributed by atoms with Crippen molar-refractivity contribution >= 4 is 82.6 Å². The largest absolute Gasteiger partial charge is 0.692 e. The molecule has 0 aromatic heterocycles. The summed E-state index contributed by atoms with van der Waals surface area (Å²) in [4.78, 5) is 57.0. The zero-order chi connectivity index (χ0) is 14.3. The normalized spacial score (nSPS) is 5.20. The van der Waals surface area contributed by atoms with Crippen molar-refractivity contribution in [3.05, 3.63) is 0 Å². The van der Waals surface area contributed by atoms with Gasteiger partial charge >= 0.3 is 33.0 Å². The Labute approximate surface area is 140 Å². The van der Waals surface area contributed by atoms with Crippen LogP contribution in [-0.2, 0) is 18.3 Å². The van der Waals surface area contributed by atoms with Gasteiger partial charge in [0.15, 0.2) is 0 Å². The molecule has 8 N–H and O–H groups in total. The van der Waals surface area contributed by atoms with Crippen molar-refractivity contribution in [3.8, 4) is 0 Å². The molecule has 0 unspecified atom stereocenters. The third-order valence-corrected chi connectivity index (χ3v) is 0. The van der Waals surface area contributed by atoms with Crippen molar-refractivity contribution in [2.75, 3.05) is 0 Å². The monoisotopic (exact) mass is 468 g/mol. The molecule has 0 rings (SSSR count). The Bertz CT molecular complexity index is 167. The zero-order valence-electron chi connectivity index (χ0n) is 8.63. The molecule has 0 bridgehead atoms. The third kappa shape index (κ3) is 4160. The van der Waals surface area contributed by atoms with Crippen molar-refractivity contribution in [2.24, 2.45) is 0 Å². The molecule has 0 radical (unpaired) electrons. The lowest BCUT2D eigenvalue weighted by Gasteiger charge is -1.34. The summed E-state index contributed by atoms with van der Waals surface area (Å²) >= 11 is 0.